The molecule has 1 N–H and O–H groups in total. The summed E-state index contributed by atoms with van der Waals surface area (Å²) in [7, 11) is 0. The van der Waals surface area contributed by atoms with E-state index in [0.717, 1.165) is 12.3 Å². The molecule has 3 unspecified atom stereocenters. The van der Waals surface area contributed by atoms with Crippen molar-refractivity contribution >= 4 is 0 Å². The van der Waals surface area contributed by atoms with Gasteiger partial charge in [0.1, 0.15) is 0 Å². The van der Waals surface area contributed by atoms with E-state index in [2.05, 4.69) is 31.2 Å². The van der Waals surface area contributed by atoms with E-state index in [1.807, 2.05) is 0 Å². The molecular weight excluding hydrogens is 220 g/mol. The van der Waals surface area contributed by atoms with E-state index in [9.17, 15) is 5.11 Å². The molecular formula is C17H24O. The third-order valence-corrected chi connectivity index (χ3v) is 4.99. The summed E-state index contributed by atoms with van der Waals surface area (Å²) in [4.78, 5) is 0. The van der Waals surface area contributed by atoms with Gasteiger partial charge in [-0.1, -0.05) is 31.2 Å². The lowest BCUT2D eigenvalue weighted by Crippen LogP contribution is -2.23. The third kappa shape index (κ3) is 2.47. The van der Waals surface area contributed by atoms with Crippen molar-refractivity contribution in [2.24, 2.45) is 11.8 Å². The number of fused-ring (bicyclic) bond motifs is 1. The second-order valence-corrected chi connectivity index (χ2v) is 6.29. The van der Waals surface area contributed by atoms with Crippen molar-refractivity contribution in [3.8, 4) is 0 Å². The summed E-state index contributed by atoms with van der Waals surface area (Å²) >= 11 is 0. The van der Waals surface area contributed by atoms with Gasteiger partial charge in [0.05, 0.1) is 6.10 Å². The lowest BCUT2D eigenvalue weighted by molar-refractivity contribution is 0.0871. The molecule has 0 bridgehead atoms. The maximum Gasteiger partial charge on any atom is 0.0574 e. The van der Waals surface area contributed by atoms with Crippen LogP contribution in [0.2, 0.25) is 0 Å². The Labute approximate surface area is 110 Å². The van der Waals surface area contributed by atoms with Crippen molar-refractivity contribution in [1.29, 1.82) is 0 Å². The SMILES string of the molecule is CC(C(O)CC1CCCc2ccccc21)C1CC1. The van der Waals surface area contributed by atoms with Crippen LogP contribution in [0.4, 0.5) is 0 Å². The highest BCUT2D eigenvalue weighted by molar-refractivity contribution is 5.32. The van der Waals surface area contributed by atoms with E-state index in [1.54, 1.807) is 0 Å². The molecule has 1 saturated carbocycles. The van der Waals surface area contributed by atoms with E-state index < -0.39 is 0 Å². The first-order valence-electron chi connectivity index (χ1n) is 7.51. The molecule has 2 aliphatic rings. The van der Waals surface area contributed by atoms with Crippen LogP contribution in [-0.2, 0) is 6.42 Å². The van der Waals surface area contributed by atoms with Crippen molar-refractivity contribution < 1.29 is 5.11 Å². The summed E-state index contributed by atoms with van der Waals surface area (Å²) < 4.78 is 0. The summed E-state index contributed by atoms with van der Waals surface area (Å²) in [5, 5.41) is 10.4. The molecule has 1 aromatic rings. The molecule has 1 aromatic carbocycles. The highest BCUT2D eigenvalue weighted by Crippen LogP contribution is 2.42. The zero-order valence-corrected chi connectivity index (χ0v) is 11.3. The first-order chi connectivity index (χ1) is 8.75. The predicted octanol–water partition coefficient (Wildman–Crippen LogP) is 3.90. The van der Waals surface area contributed by atoms with Crippen LogP contribution in [0.15, 0.2) is 24.3 Å². The average molecular weight is 244 g/mol. The highest BCUT2D eigenvalue weighted by Gasteiger charge is 2.34. The lowest BCUT2D eigenvalue weighted by Gasteiger charge is -2.29. The van der Waals surface area contributed by atoms with Crippen molar-refractivity contribution in [3.05, 3.63) is 35.4 Å². The minimum absolute atomic E-state index is 0.103. The van der Waals surface area contributed by atoms with Crippen LogP contribution in [0.3, 0.4) is 0 Å². The first-order valence-corrected chi connectivity index (χ1v) is 7.51. The summed E-state index contributed by atoms with van der Waals surface area (Å²) in [6, 6.07) is 8.82. The average Bonchev–Trinajstić information content (AvgIpc) is 3.22. The van der Waals surface area contributed by atoms with Gasteiger partial charge >= 0.3 is 0 Å². The topological polar surface area (TPSA) is 20.2 Å². The maximum absolute atomic E-state index is 10.4. The largest absolute Gasteiger partial charge is 0.393 e. The Morgan fingerprint density at radius 3 is 2.78 bits per heavy atom. The number of benzene rings is 1. The lowest BCUT2D eigenvalue weighted by atomic mass is 9.78. The van der Waals surface area contributed by atoms with Crippen LogP contribution >= 0.6 is 0 Å². The Balaban J connectivity index is 1.69. The Bertz CT molecular complexity index is 408. The number of rotatable bonds is 4. The summed E-state index contributed by atoms with van der Waals surface area (Å²) in [5.74, 6) is 1.89. The molecule has 0 saturated heterocycles. The molecule has 3 rings (SSSR count). The minimum atomic E-state index is -0.103. The van der Waals surface area contributed by atoms with Crippen LogP contribution < -0.4 is 0 Å². The smallest absolute Gasteiger partial charge is 0.0574 e. The van der Waals surface area contributed by atoms with Gasteiger partial charge in [-0.05, 0) is 67.4 Å². The zero-order valence-electron chi connectivity index (χ0n) is 11.3. The number of aryl methyl sites for hydroxylation is 1. The molecule has 1 nitrogen and oxygen atoms in total. The molecule has 0 aliphatic heterocycles. The van der Waals surface area contributed by atoms with E-state index in [4.69, 9.17) is 0 Å². The fraction of sp³-hybridized carbons (Fsp3) is 0.647. The van der Waals surface area contributed by atoms with Gasteiger partial charge in [0, 0.05) is 0 Å². The molecule has 0 radical (unpaired) electrons. The van der Waals surface area contributed by atoms with Crippen molar-refractivity contribution in [2.45, 2.75) is 57.5 Å². The van der Waals surface area contributed by atoms with Gasteiger partial charge < -0.3 is 5.11 Å². The van der Waals surface area contributed by atoms with Gasteiger partial charge in [0.15, 0.2) is 0 Å². The minimum Gasteiger partial charge on any atom is -0.393 e. The molecule has 18 heavy (non-hydrogen) atoms. The van der Waals surface area contributed by atoms with Crippen LogP contribution in [0, 0.1) is 11.8 Å². The van der Waals surface area contributed by atoms with Crippen molar-refractivity contribution in [1.82, 2.24) is 0 Å². The Morgan fingerprint density at radius 2 is 2.00 bits per heavy atom. The maximum atomic E-state index is 10.4. The molecule has 0 heterocycles. The van der Waals surface area contributed by atoms with Gasteiger partial charge in [-0.15, -0.1) is 0 Å². The van der Waals surface area contributed by atoms with Gasteiger partial charge in [0.25, 0.3) is 0 Å². The van der Waals surface area contributed by atoms with Crippen LogP contribution in [0.25, 0.3) is 0 Å². The monoisotopic (exact) mass is 244 g/mol. The van der Waals surface area contributed by atoms with Crippen molar-refractivity contribution in [3.63, 3.8) is 0 Å². The van der Waals surface area contributed by atoms with E-state index in [-0.39, 0.29) is 6.10 Å². The number of hydrogen-bond donors (Lipinski definition) is 1. The quantitative estimate of drug-likeness (QED) is 0.851. The Hall–Kier alpha value is -0.820. The Kier molecular flexibility index (Phi) is 3.43. The van der Waals surface area contributed by atoms with E-state index >= 15 is 0 Å². The standard InChI is InChI=1S/C17H24O/c1-12(13-9-10-13)17(18)11-15-7-4-6-14-5-2-3-8-16(14)15/h2-3,5,8,12-13,15,17-18H,4,6-7,9-11H2,1H3. The van der Waals surface area contributed by atoms with E-state index in [1.165, 1.54) is 43.2 Å². The predicted molar refractivity (Wildman–Crippen MR) is 74.6 cm³/mol. The van der Waals surface area contributed by atoms with Gasteiger partial charge in [-0.2, -0.15) is 0 Å². The number of aliphatic hydroxyl groups is 1. The number of aliphatic hydroxyl groups excluding tert-OH is 1. The normalized spacial score (nSPS) is 26.4. The summed E-state index contributed by atoms with van der Waals surface area (Å²) in [6.07, 6.45) is 7.29. The van der Waals surface area contributed by atoms with Crippen LogP contribution in [0.1, 0.15) is 56.1 Å². The molecule has 0 amide bonds. The first kappa shape index (κ1) is 12.2. The second kappa shape index (κ2) is 5.05. The molecule has 1 fully saturated rings. The van der Waals surface area contributed by atoms with Gasteiger partial charge in [-0.3, -0.25) is 0 Å². The molecule has 2 aliphatic carbocycles. The van der Waals surface area contributed by atoms with Gasteiger partial charge in [0.2, 0.25) is 0 Å². The molecule has 3 atom stereocenters. The third-order valence-electron chi connectivity index (χ3n) is 4.99. The van der Waals surface area contributed by atoms with Crippen LogP contribution in [0.5, 0.6) is 0 Å². The van der Waals surface area contributed by atoms with Crippen molar-refractivity contribution in [2.75, 3.05) is 0 Å². The highest BCUT2D eigenvalue weighted by atomic mass is 16.3. The zero-order chi connectivity index (χ0) is 12.5. The fourth-order valence-electron chi connectivity index (χ4n) is 3.54. The molecule has 1 heteroatoms. The Morgan fingerprint density at radius 1 is 1.22 bits per heavy atom. The van der Waals surface area contributed by atoms with E-state index in [0.29, 0.717) is 11.8 Å². The van der Waals surface area contributed by atoms with Crippen LogP contribution in [-0.4, -0.2) is 11.2 Å². The molecule has 0 aromatic heterocycles. The fourth-order valence-corrected chi connectivity index (χ4v) is 3.54. The molecule has 0 spiro atoms. The number of hydrogen-bond acceptors (Lipinski definition) is 1. The van der Waals surface area contributed by atoms with Gasteiger partial charge in [-0.25, -0.2) is 0 Å². The summed E-state index contributed by atoms with van der Waals surface area (Å²) in [6.45, 7) is 2.23. The summed E-state index contributed by atoms with van der Waals surface area (Å²) in [5.41, 5.74) is 3.02. The molecule has 98 valence electrons. The second-order valence-electron chi connectivity index (χ2n) is 6.29.